The minimum absolute atomic E-state index is 0. The Morgan fingerprint density at radius 1 is 1.32 bits per heavy atom. The van der Waals surface area contributed by atoms with E-state index in [9.17, 15) is 9.59 Å². The zero-order chi connectivity index (χ0) is 15.7. The Morgan fingerprint density at radius 3 is 2.50 bits per heavy atom. The van der Waals surface area contributed by atoms with Crippen LogP contribution < -0.4 is 16.4 Å². The number of halogens is 1. The molecule has 7 nitrogen and oxygen atoms in total. The van der Waals surface area contributed by atoms with E-state index in [1.807, 2.05) is 6.07 Å². The molecule has 0 fully saturated rings. The quantitative estimate of drug-likeness (QED) is 0.254. The number of nitrogens with one attached hydrogen (secondary N) is 3. The zero-order valence-electron chi connectivity index (χ0n) is 12.3. The average molecular weight is 329 g/mol. The number of methoxy groups -OCH3 is 1. The Kier molecular flexibility index (Phi) is 9.36. The van der Waals surface area contributed by atoms with Gasteiger partial charge in [-0.2, -0.15) is 0 Å². The average Bonchev–Trinajstić information content (AvgIpc) is 2.50. The summed E-state index contributed by atoms with van der Waals surface area (Å²) in [5.41, 5.74) is 5.64. The molecule has 0 bridgehead atoms. The molecule has 1 rings (SSSR count). The largest absolute Gasteiger partial charge is 0.467 e. The molecule has 122 valence electrons. The number of carbonyl (C=O) groups is 2. The first kappa shape index (κ1) is 19.7. The van der Waals surface area contributed by atoms with E-state index in [-0.39, 0.29) is 24.3 Å². The van der Waals surface area contributed by atoms with Crippen molar-refractivity contribution in [2.75, 3.05) is 13.7 Å². The van der Waals surface area contributed by atoms with Gasteiger partial charge in [0.25, 0.3) is 5.91 Å². The lowest BCUT2D eigenvalue weighted by Crippen LogP contribution is -2.42. The molecule has 0 heterocycles. The molecular formula is C14H21ClN4O3. The molecule has 0 unspecified atom stereocenters. The molecule has 5 N–H and O–H groups in total. The number of carbonyl (C=O) groups excluding carboxylic acids is 2. The summed E-state index contributed by atoms with van der Waals surface area (Å²) in [6.45, 7) is 0.448. The Morgan fingerprint density at radius 2 is 1.95 bits per heavy atom. The molecule has 0 aliphatic rings. The summed E-state index contributed by atoms with van der Waals surface area (Å²) in [4.78, 5) is 23.7. The van der Waals surface area contributed by atoms with Crippen LogP contribution in [0, 0.1) is 5.41 Å². The van der Waals surface area contributed by atoms with Crippen molar-refractivity contribution in [3.63, 3.8) is 0 Å². The highest BCUT2D eigenvalue weighted by atomic mass is 35.5. The molecule has 0 saturated carbocycles. The number of rotatable bonds is 7. The van der Waals surface area contributed by atoms with Gasteiger partial charge in [-0.05, 0) is 25.0 Å². The van der Waals surface area contributed by atoms with Gasteiger partial charge in [0.1, 0.15) is 6.04 Å². The summed E-state index contributed by atoms with van der Waals surface area (Å²) in [7, 11) is 1.28. The van der Waals surface area contributed by atoms with Gasteiger partial charge in [-0.3, -0.25) is 10.2 Å². The fourth-order valence-electron chi connectivity index (χ4n) is 1.75. The highest BCUT2D eigenvalue weighted by molar-refractivity contribution is 5.96. The summed E-state index contributed by atoms with van der Waals surface area (Å²) in [5, 5.41) is 12.3. The van der Waals surface area contributed by atoms with E-state index in [4.69, 9.17) is 11.1 Å². The zero-order valence-corrected chi connectivity index (χ0v) is 13.1. The third-order valence-electron chi connectivity index (χ3n) is 2.81. The lowest BCUT2D eigenvalue weighted by atomic mass is 10.1. The minimum Gasteiger partial charge on any atom is -0.467 e. The molecule has 0 saturated heterocycles. The molecule has 0 aliphatic heterocycles. The highest BCUT2D eigenvalue weighted by Crippen LogP contribution is 2.03. The van der Waals surface area contributed by atoms with Crippen molar-refractivity contribution < 1.29 is 14.3 Å². The lowest BCUT2D eigenvalue weighted by Gasteiger charge is -2.16. The van der Waals surface area contributed by atoms with Crippen LogP contribution in [0.15, 0.2) is 30.3 Å². The van der Waals surface area contributed by atoms with Crippen molar-refractivity contribution in [1.82, 2.24) is 10.6 Å². The van der Waals surface area contributed by atoms with E-state index in [0.29, 0.717) is 24.9 Å². The number of amides is 1. The van der Waals surface area contributed by atoms with E-state index in [1.54, 1.807) is 24.3 Å². The van der Waals surface area contributed by atoms with Gasteiger partial charge in [0.15, 0.2) is 5.96 Å². The van der Waals surface area contributed by atoms with Gasteiger partial charge in [-0.25, -0.2) is 4.79 Å². The molecule has 0 spiro atoms. The normalized spacial score (nSPS) is 10.8. The molecular weight excluding hydrogens is 308 g/mol. The van der Waals surface area contributed by atoms with Crippen LogP contribution in [-0.4, -0.2) is 37.5 Å². The van der Waals surface area contributed by atoms with Crippen LogP contribution in [0.1, 0.15) is 23.2 Å². The first-order chi connectivity index (χ1) is 10.0. The molecule has 1 atom stereocenters. The summed E-state index contributed by atoms with van der Waals surface area (Å²) in [6.07, 6.45) is 0.958. The Bertz CT molecular complexity index is 496. The second-order valence-corrected chi connectivity index (χ2v) is 4.40. The molecule has 0 aromatic heterocycles. The maximum atomic E-state index is 12.0. The second-order valence-electron chi connectivity index (χ2n) is 4.40. The summed E-state index contributed by atoms with van der Waals surface area (Å²) in [6, 6.07) is 7.92. The maximum absolute atomic E-state index is 12.0. The summed E-state index contributed by atoms with van der Waals surface area (Å²) in [5.74, 6) is -0.953. The van der Waals surface area contributed by atoms with Crippen LogP contribution in [-0.2, 0) is 9.53 Å². The predicted molar refractivity (Wildman–Crippen MR) is 86.1 cm³/mol. The number of benzene rings is 1. The molecule has 1 amide bonds. The third kappa shape index (κ3) is 6.94. The van der Waals surface area contributed by atoms with E-state index in [2.05, 4.69) is 15.4 Å². The predicted octanol–water partition coefficient (Wildman–Crippen LogP) is 0.643. The van der Waals surface area contributed by atoms with Crippen LogP contribution in [0.2, 0.25) is 0 Å². The number of esters is 1. The van der Waals surface area contributed by atoms with Gasteiger partial charge in [-0.1, -0.05) is 18.2 Å². The summed E-state index contributed by atoms with van der Waals surface area (Å²) >= 11 is 0. The van der Waals surface area contributed by atoms with Crippen LogP contribution in [0.5, 0.6) is 0 Å². The topological polar surface area (TPSA) is 117 Å². The second kappa shape index (κ2) is 10.4. The van der Waals surface area contributed by atoms with Crippen molar-refractivity contribution in [2.45, 2.75) is 18.9 Å². The van der Waals surface area contributed by atoms with E-state index in [0.717, 1.165) is 0 Å². The van der Waals surface area contributed by atoms with Gasteiger partial charge < -0.3 is 21.1 Å². The van der Waals surface area contributed by atoms with E-state index >= 15 is 0 Å². The van der Waals surface area contributed by atoms with Crippen molar-refractivity contribution in [1.29, 1.82) is 5.41 Å². The third-order valence-corrected chi connectivity index (χ3v) is 2.81. The smallest absolute Gasteiger partial charge is 0.328 e. The Labute approximate surface area is 135 Å². The molecule has 0 aliphatic carbocycles. The van der Waals surface area contributed by atoms with Gasteiger partial charge in [0.2, 0.25) is 0 Å². The molecule has 0 radical (unpaired) electrons. The van der Waals surface area contributed by atoms with Gasteiger partial charge in [-0.15, -0.1) is 12.4 Å². The summed E-state index contributed by atoms with van der Waals surface area (Å²) < 4.78 is 4.69. The van der Waals surface area contributed by atoms with Gasteiger partial charge in [0.05, 0.1) is 7.11 Å². The SMILES string of the molecule is COC(=O)[C@H](CCCNC(=N)N)NC(=O)c1ccccc1.Cl. The number of hydrogen-bond donors (Lipinski definition) is 4. The standard InChI is InChI=1S/C14H20N4O3.ClH/c1-21-13(20)11(8-5-9-17-14(15)16)18-12(19)10-6-3-2-4-7-10;/h2-4,6-7,11H,5,8-9H2,1H3,(H,18,19)(H4,15,16,17);1H/t11-;/m0./s1. The Balaban J connectivity index is 0.00000441. The number of ether oxygens (including phenoxy) is 1. The van der Waals surface area contributed by atoms with Crippen LogP contribution in [0.3, 0.4) is 0 Å². The number of hydrogen-bond acceptors (Lipinski definition) is 4. The van der Waals surface area contributed by atoms with Crippen molar-refractivity contribution in [3.8, 4) is 0 Å². The Hall–Kier alpha value is -2.28. The van der Waals surface area contributed by atoms with E-state index < -0.39 is 12.0 Å². The first-order valence-electron chi connectivity index (χ1n) is 6.56. The maximum Gasteiger partial charge on any atom is 0.328 e. The van der Waals surface area contributed by atoms with Crippen molar-refractivity contribution in [2.24, 2.45) is 5.73 Å². The number of nitrogens with two attached hydrogens (primary N) is 1. The monoisotopic (exact) mass is 328 g/mol. The van der Waals surface area contributed by atoms with Crippen molar-refractivity contribution >= 4 is 30.2 Å². The molecule has 22 heavy (non-hydrogen) atoms. The molecule has 8 heteroatoms. The number of guanidine groups is 1. The van der Waals surface area contributed by atoms with E-state index in [1.165, 1.54) is 7.11 Å². The lowest BCUT2D eigenvalue weighted by molar-refractivity contribution is -0.143. The fourth-order valence-corrected chi connectivity index (χ4v) is 1.75. The minimum atomic E-state index is -0.725. The highest BCUT2D eigenvalue weighted by Gasteiger charge is 2.21. The van der Waals surface area contributed by atoms with Crippen LogP contribution in [0.25, 0.3) is 0 Å². The van der Waals surface area contributed by atoms with Gasteiger partial charge >= 0.3 is 5.97 Å². The molecule has 1 aromatic rings. The fraction of sp³-hybridized carbons (Fsp3) is 0.357. The van der Waals surface area contributed by atoms with Crippen LogP contribution >= 0.6 is 12.4 Å². The molecule has 1 aromatic carbocycles. The van der Waals surface area contributed by atoms with Gasteiger partial charge in [0, 0.05) is 12.1 Å². The van der Waals surface area contributed by atoms with Crippen molar-refractivity contribution in [3.05, 3.63) is 35.9 Å². The first-order valence-corrected chi connectivity index (χ1v) is 6.56. The van der Waals surface area contributed by atoms with Crippen LogP contribution in [0.4, 0.5) is 0 Å².